The zero-order valence-electron chi connectivity index (χ0n) is 55.8. The van der Waals surface area contributed by atoms with Crippen LogP contribution in [0.1, 0.15) is 322 Å². The van der Waals surface area contributed by atoms with Crippen LogP contribution in [0.3, 0.4) is 0 Å². The van der Waals surface area contributed by atoms with Gasteiger partial charge in [-0.15, -0.1) is 0 Å². The first kappa shape index (κ1) is 81.4. The van der Waals surface area contributed by atoms with Gasteiger partial charge < -0.3 is 28.8 Å². The highest BCUT2D eigenvalue weighted by Gasteiger charge is 2.23. The van der Waals surface area contributed by atoms with Gasteiger partial charge in [0.2, 0.25) is 5.91 Å². The van der Waals surface area contributed by atoms with Crippen molar-refractivity contribution in [2.45, 2.75) is 334 Å². The summed E-state index contributed by atoms with van der Waals surface area (Å²) in [6.45, 7) is 4.55. The van der Waals surface area contributed by atoms with Crippen LogP contribution in [-0.4, -0.2) is 68.5 Å². The van der Waals surface area contributed by atoms with Crippen molar-refractivity contribution in [2.24, 2.45) is 0 Å². The fourth-order valence-corrected chi connectivity index (χ4v) is 11.0. The topological polar surface area (TPSA) is 108 Å². The predicted molar refractivity (Wildman–Crippen MR) is 366 cm³/mol. The Morgan fingerprint density at radius 1 is 0.429 bits per heavy atom. The highest BCUT2D eigenvalue weighted by molar-refractivity contribution is 7.45. The van der Waals surface area contributed by atoms with Crippen molar-refractivity contribution in [3.63, 3.8) is 0 Å². The Labute approximate surface area is 521 Å². The maximum absolute atomic E-state index is 13.0. The third-order valence-electron chi connectivity index (χ3n) is 15.8. The Balaban J connectivity index is 4.06. The maximum Gasteiger partial charge on any atom is 0.268 e. The number of amides is 1. The fraction of sp³-hybridized carbons (Fsp3) is 0.773. The summed E-state index contributed by atoms with van der Waals surface area (Å²) in [6, 6.07) is -0.908. The number of unbranched alkanes of at least 4 members (excludes halogenated alkanes) is 38. The molecule has 0 aromatic rings. The molecule has 0 saturated carbocycles. The van der Waals surface area contributed by atoms with Crippen LogP contribution in [0.4, 0.5) is 0 Å². The van der Waals surface area contributed by atoms with E-state index in [9.17, 15) is 19.4 Å². The molecule has 0 heterocycles. The number of quaternary nitrogens is 1. The molecule has 0 fully saturated rings. The van der Waals surface area contributed by atoms with Crippen molar-refractivity contribution in [1.29, 1.82) is 0 Å². The van der Waals surface area contributed by atoms with Crippen molar-refractivity contribution in [2.75, 3.05) is 40.9 Å². The number of hydrogen-bond donors (Lipinski definition) is 2. The number of nitrogens with zero attached hydrogens (tertiary/aromatic N) is 1. The monoisotopic (exact) mass is 1190 g/mol. The first-order valence-electron chi connectivity index (χ1n) is 35.6. The van der Waals surface area contributed by atoms with Crippen molar-refractivity contribution < 1.29 is 32.9 Å². The Morgan fingerprint density at radius 3 is 1.11 bits per heavy atom. The molecule has 0 bridgehead atoms. The van der Waals surface area contributed by atoms with Gasteiger partial charge in [0.25, 0.3) is 7.82 Å². The zero-order chi connectivity index (χ0) is 61.2. The molecule has 9 heteroatoms. The average molecular weight is 1190 g/mol. The number of rotatable bonds is 65. The minimum Gasteiger partial charge on any atom is -0.756 e. The summed E-state index contributed by atoms with van der Waals surface area (Å²) < 4.78 is 23.4. The van der Waals surface area contributed by atoms with Gasteiger partial charge in [-0.3, -0.25) is 9.36 Å². The van der Waals surface area contributed by atoms with E-state index in [4.69, 9.17) is 9.05 Å². The normalized spacial score (nSPS) is 14.2. The van der Waals surface area contributed by atoms with E-state index >= 15 is 0 Å². The molecule has 0 aliphatic heterocycles. The van der Waals surface area contributed by atoms with Crippen LogP contribution < -0.4 is 10.2 Å². The van der Waals surface area contributed by atoms with Gasteiger partial charge >= 0.3 is 0 Å². The molecular formula is C75H137N2O6P. The van der Waals surface area contributed by atoms with E-state index in [2.05, 4.69) is 104 Å². The van der Waals surface area contributed by atoms with Crippen LogP contribution in [0.25, 0.3) is 0 Å². The van der Waals surface area contributed by atoms with E-state index in [0.717, 1.165) is 77.0 Å². The molecule has 0 aliphatic carbocycles. The van der Waals surface area contributed by atoms with Gasteiger partial charge in [0.05, 0.1) is 39.9 Å². The van der Waals surface area contributed by atoms with Crippen LogP contribution in [-0.2, 0) is 18.4 Å². The molecule has 1 amide bonds. The van der Waals surface area contributed by atoms with E-state index in [1.54, 1.807) is 6.08 Å². The summed E-state index contributed by atoms with van der Waals surface area (Å²) in [6.07, 6.45) is 93.9. The highest BCUT2D eigenvalue weighted by Crippen LogP contribution is 2.38. The van der Waals surface area contributed by atoms with Crippen LogP contribution in [0, 0.1) is 0 Å². The standard InChI is InChI=1S/C75H137N2O6P/c1-6-8-10-12-14-16-18-20-22-24-26-28-30-32-33-34-35-36-37-38-39-40-41-42-43-45-47-49-51-53-55-57-59-61-63-65-67-69-75(79)76-73(72-83-84(80,81)82-71-70-77(3,4)5)74(78)68-66-64-62-60-58-56-54-52-50-48-46-44-31-29-27-25-23-21-19-17-15-13-11-9-7-2/h8,10,14,16,20,22,26,28,32-33,35-36,58,60,66,68,73-74,78H,6-7,9,11-13,15,17-19,21,23-25,27,29-31,34,37-57,59,61-65,67,69-72H2,1-5H3,(H-,76,79,80,81)/b10-8-,16-14-,22-20-,28-26-,33-32-,36-35-,60-58+,68-66+. The third kappa shape index (κ3) is 66.9. The van der Waals surface area contributed by atoms with Crippen LogP contribution in [0.15, 0.2) is 97.2 Å². The van der Waals surface area contributed by atoms with E-state index in [1.165, 1.54) is 225 Å². The Hall–Kier alpha value is -2.58. The number of aliphatic hydroxyl groups is 1. The summed E-state index contributed by atoms with van der Waals surface area (Å²) in [7, 11) is 1.25. The second kappa shape index (κ2) is 64.9. The average Bonchev–Trinajstić information content (AvgIpc) is 3.56. The van der Waals surface area contributed by atoms with Crippen molar-refractivity contribution in [3.8, 4) is 0 Å². The zero-order valence-corrected chi connectivity index (χ0v) is 56.7. The lowest BCUT2D eigenvalue weighted by Crippen LogP contribution is -2.45. The molecule has 0 rings (SSSR count). The maximum atomic E-state index is 13.0. The minimum absolute atomic E-state index is 0.00801. The quantitative estimate of drug-likeness (QED) is 0.0272. The molecule has 3 unspecified atom stereocenters. The lowest BCUT2D eigenvalue weighted by atomic mass is 10.0. The molecule has 84 heavy (non-hydrogen) atoms. The number of phosphoric ester groups is 1. The van der Waals surface area contributed by atoms with Crippen LogP contribution >= 0.6 is 7.82 Å². The molecule has 8 nitrogen and oxygen atoms in total. The van der Waals surface area contributed by atoms with Crippen molar-refractivity contribution >= 4 is 13.7 Å². The summed E-state index contributed by atoms with van der Waals surface area (Å²) in [5.74, 6) is -0.205. The molecule has 0 aromatic carbocycles. The number of phosphoric acid groups is 1. The number of carbonyl (C=O) groups excluding carboxylic acids is 1. The summed E-state index contributed by atoms with van der Waals surface area (Å²) in [5.41, 5.74) is 0. The number of allylic oxidation sites excluding steroid dienone is 15. The van der Waals surface area contributed by atoms with Crippen LogP contribution in [0.2, 0.25) is 0 Å². The molecule has 488 valence electrons. The lowest BCUT2D eigenvalue weighted by molar-refractivity contribution is -0.870. The minimum atomic E-state index is -4.62. The Bertz CT molecular complexity index is 1690. The second-order valence-corrected chi connectivity index (χ2v) is 26.6. The SMILES string of the molecule is CC/C=C\C/C=C\C/C=C\C/C=C\C/C=C\C/C=C\CCCCCCCCCCCCCCCCCCCCC(=O)NC(COP(=O)([O-])OCC[N+](C)(C)C)C(O)/C=C/CC/C=C/CCCCCCCCCCCCCCCCCCCCC. The fourth-order valence-electron chi connectivity index (χ4n) is 10.3. The molecule has 0 aromatic heterocycles. The molecule has 0 aliphatic rings. The first-order valence-corrected chi connectivity index (χ1v) is 37.1. The number of likely N-dealkylation sites (N-methyl/N-ethyl adjacent to an activating group) is 1. The summed E-state index contributed by atoms with van der Waals surface area (Å²) in [4.78, 5) is 25.6. The Kier molecular flexibility index (Phi) is 62.9. The molecule has 2 N–H and O–H groups in total. The number of nitrogens with one attached hydrogen (secondary N) is 1. The third-order valence-corrected chi connectivity index (χ3v) is 16.7. The first-order chi connectivity index (χ1) is 41.0. The molecule has 0 saturated heterocycles. The number of carbonyl (C=O) groups is 1. The number of aliphatic hydroxyl groups excluding tert-OH is 1. The molecule has 3 atom stereocenters. The van der Waals surface area contributed by atoms with Crippen LogP contribution in [0.5, 0.6) is 0 Å². The van der Waals surface area contributed by atoms with Gasteiger partial charge in [-0.05, 0) is 83.5 Å². The van der Waals surface area contributed by atoms with E-state index < -0.39 is 26.6 Å². The smallest absolute Gasteiger partial charge is 0.268 e. The Morgan fingerprint density at radius 2 is 0.738 bits per heavy atom. The molecular weight excluding hydrogens is 1060 g/mol. The predicted octanol–water partition coefficient (Wildman–Crippen LogP) is 22.3. The van der Waals surface area contributed by atoms with Gasteiger partial charge in [-0.1, -0.05) is 329 Å². The summed E-state index contributed by atoms with van der Waals surface area (Å²) in [5, 5.41) is 13.9. The van der Waals surface area contributed by atoms with Gasteiger partial charge in [-0.2, -0.15) is 0 Å². The van der Waals surface area contributed by atoms with Gasteiger partial charge in [0.1, 0.15) is 13.2 Å². The van der Waals surface area contributed by atoms with Crippen molar-refractivity contribution in [1.82, 2.24) is 5.32 Å². The van der Waals surface area contributed by atoms with E-state index in [0.29, 0.717) is 17.4 Å². The second-order valence-electron chi connectivity index (χ2n) is 25.2. The largest absolute Gasteiger partial charge is 0.756 e. The molecule has 0 radical (unpaired) electrons. The van der Waals surface area contributed by atoms with Gasteiger partial charge in [-0.25, -0.2) is 0 Å². The lowest BCUT2D eigenvalue weighted by Gasteiger charge is -2.29. The highest BCUT2D eigenvalue weighted by atomic mass is 31.2. The van der Waals surface area contributed by atoms with Gasteiger partial charge in [0.15, 0.2) is 0 Å². The van der Waals surface area contributed by atoms with Crippen molar-refractivity contribution in [3.05, 3.63) is 97.2 Å². The van der Waals surface area contributed by atoms with E-state index in [1.807, 2.05) is 27.2 Å². The summed E-state index contributed by atoms with van der Waals surface area (Å²) >= 11 is 0. The van der Waals surface area contributed by atoms with E-state index in [-0.39, 0.29) is 12.5 Å². The number of hydrogen-bond acceptors (Lipinski definition) is 6. The van der Waals surface area contributed by atoms with Gasteiger partial charge in [0, 0.05) is 6.42 Å². The molecule has 0 spiro atoms.